The van der Waals surface area contributed by atoms with Crippen LogP contribution >= 0.6 is 0 Å². The molecule has 0 radical (unpaired) electrons. The minimum atomic E-state index is -0.274. The molecule has 0 unspecified atom stereocenters. The van der Waals surface area contributed by atoms with E-state index in [0.717, 1.165) is 23.4 Å². The maximum Gasteiger partial charge on any atom is 0.236 e. The van der Waals surface area contributed by atoms with Gasteiger partial charge in [-0.3, -0.25) is 9.80 Å². The monoisotopic (exact) mass is 254 g/mol. The first kappa shape index (κ1) is 14.4. The molecule has 100 valence electrons. The fraction of sp³-hybridized carbons (Fsp3) is 0.462. The number of methoxy groups -OCH3 is 1. The molecule has 0 aromatic heterocycles. The molecule has 0 saturated heterocycles. The maximum atomic E-state index is 13.1. The Morgan fingerprint density at radius 2 is 2.17 bits per heavy atom. The van der Waals surface area contributed by atoms with E-state index in [1.54, 1.807) is 13.2 Å². The Bertz CT molecular complexity index is 408. The average Bonchev–Trinajstić information content (AvgIpc) is 2.34. The lowest BCUT2D eigenvalue weighted by Gasteiger charge is -2.10. The summed E-state index contributed by atoms with van der Waals surface area (Å²) < 4.78 is 18.2. The Labute approximate surface area is 106 Å². The molecule has 0 atom stereocenters. The third-order valence-electron chi connectivity index (χ3n) is 2.72. The first-order valence-corrected chi connectivity index (χ1v) is 5.88. The van der Waals surface area contributed by atoms with Gasteiger partial charge in [-0.05, 0) is 43.0 Å². The number of hydrogen-bond donors (Lipinski definition) is 1. The number of hydrogen-bond acceptors (Lipinski definition) is 3. The van der Waals surface area contributed by atoms with Crippen LogP contribution in [0.5, 0.6) is 5.75 Å². The highest BCUT2D eigenvalue weighted by atomic mass is 19.1. The molecular formula is C13H19FN2O2. The molecule has 0 spiro atoms. The smallest absolute Gasteiger partial charge is 0.236 e. The van der Waals surface area contributed by atoms with Crippen LogP contribution < -0.4 is 10.6 Å². The van der Waals surface area contributed by atoms with Crippen molar-refractivity contribution in [2.45, 2.75) is 25.7 Å². The van der Waals surface area contributed by atoms with Gasteiger partial charge < -0.3 is 4.74 Å². The van der Waals surface area contributed by atoms with Crippen LogP contribution in [0.15, 0.2) is 18.2 Å². The van der Waals surface area contributed by atoms with Crippen LogP contribution in [0.4, 0.5) is 4.39 Å². The van der Waals surface area contributed by atoms with E-state index in [1.807, 2.05) is 0 Å². The number of benzene rings is 1. The lowest BCUT2D eigenvalue weighted by Crippen LogP contribution is -2.32. The largest absolute Gasteiger partial charge is 0.496 e. The van der Waals surface area contributed by atoms with Gasteiger partial charge in [0.2, 0.25) is 5.91 Å². The van der Waals surface area contributed by atoms with Crippen LogP contribution in [0.3, 0.4) is 0 Å². The van der Waals surface area contributed by atoms with Gasteiger partial charge in [0.25, 0.3) is 0 Å². The zero-order chi connectivity index (χ0) is 13.5. The Morgan fingerprint density at radius 1 is 1.44 bits per heavy atom. The van der Waals surface area contributed by atoms with Crippen LogP contribution in [0.2, 0.25) is 0 Å². The molecule has 1 rings (SSSR count). The lowest BCUT2D eigenvalue weighted by atomic mass is 10.1. The molecule has 0 fully saturated rings. The fourth-order valence-electron chi connectivity index (χ4n) is 1.71. The molecule has 1 aromatic carbocycles. The van der Waals surface area contributed by atoms with Gasteiger partial charge in [-0.2, -0.15) is 0 Å². The van der Waals surface area contributed by atoms with E-state index in [4.69, 9.17) is 10.6 Å². The lowest BCUT2D eigenvalue weighted by molar-refractivity contribution is -0.130. The van der Waals surface area contributed by atoms with Crippen molar-refractivity contribution in [3.05, 3.63) is 29.6 Å². The van der Waals surface area contributed by atoms with E-state index < -0.39 is 0 Å². The van der Waals surface area contributed by atoms with Gasteiger partial charge in [-0.1, -0.05) is 0 Å². The van der Waals surface area contributed by atoms with Crippen molar-refractivity contribution >= 4 is 5.91 Å². The second-order valence-corrected chi connectivity index (χ2v) is 4.17. The summed E-state index contributed by atoms with van der Waals surface area (Å²) in [5.74, 6) is 5.62. The van der Waals surface area contributed by atoms with E-state index in [-0.39, 0.29) is 11.7 Å². The van der Waals surface area contributed by atoms with Crippen molar-refractivity contribution < 1.29 is 13.9 Å². The summed E-state index contributed by atoms with van der Waals surface area (Å²) in [6, 6.07) is 4.45. The van der Waals surface area contributed by atoms with Crippen molar-refractivity contribution in [2.75, 3.05) is 14.2 Å². The SMILES string of the molecule is COc1ccc(F)cc1CCCCC(=O)N(C)N. The summed E-state index contributed by atoms with van der Waals surface area (Å²) in [5.41, 5.74) is 0.825. The normalized spacial score (nSPS) is 10.2. The first-order valence-electron chi connectivity index (χ1n) is 5.88. The maximum absolute atomic E-state index is 13.1. The minimum absolute atomic E-state index is 0.0961. The van der Waals surface area contributed by atoms with Crippen LogP contribution in [0.1, 0.15) is 24.8 Å². The van der Waals surface area contributed by atoms with E-state index in [2.05, 4.69) is 0 Å². The second kappa shape index (κ2) is 6.96. The average molecular weight is 254 g/mol. The van der Waals surface area contributed by atoms with Gasteiger partial charge in [0.15, 0.2) is 0 Å². The molecule has 0 bridgehead atoms. The van der Waals surface area contributed by atoms with Crippen molar-refractivity contribution in [1.29, 1.82) is 0 Å². The van der Waals surface area contributed by atoms with E-state index in [9.17, 15) is 9.18 Å². The zero-order valence-electron chi connectivity index (χ0n) is 10.8. The molecule has 18 heavy (non-hydrogen) atoms. The molecule has 1 amide bonds. The van der Waals surface area contributed by atoms with Gasteiger partial charge in [-0.15, -0.1) is 0 Å². The van der Waals surface area contributed by atoms with E-state index in [1.165, 1.54) is 19.2 Å². The Hall–Kier alpha value is -1.62. The zero-order valence-corrected chi connectivity index (χ0v) is 10.8. The van der Waals surface area contributed by atoms with Crippen LogP contribution in [0.25, 0.3) is 0 Å². The summed E-state index contributed by atoms with van der Waals surface area (Å²) >= 11 is 0. The summed E-state index contributed by atoms with van der Waals surface area (Å²) in [6.07, 6.45) is 2.60. The number of rotatable bonds is 6. The molecule has 2 N–H and O–H groups in total. The molecule has 5 heteroatoms. The third-order valence-corrected chi connectivity index (χ3v) is 2.72. The third kappa shape index (κ3) is 4.33. The standard InChI is InChI=1S/C13H19FN2O2/c1-16(15)13(17)6-4-3-5-10-9-11(14)7-8-12(10)18-2/h7-9H,3-6,15H2,1-2H3. The second-order valence-electron chi connectivity index (χ2n) is 4.17. The highest BCUT2D eigenvalue weighted by Crippen LogP contribution is 2.21. The fourth-order valence-corrected chi connectivity index (χ4v) is 1.71. The number of amides is 1. The predicted octanol–water partition coefficient (Wildman–Crippen LogP) is 1.88. The number of nitrogens with zero attached hydrogens (tertiary/aromatic N) is 1. The molecular weight excluding hydrogens is 235 g/mol. The van der Waals surface area contributed by atoms with Crippen molar-refractivity contribution in [2.24, 2.45) is 5.84 Å². The molecule has 1 aromatic rings. The molecule has 0 heterocycles. The number of carbonyl (C=O) groups excluding carboxylic acids is 1. The summed E-state index contributed by atoms with van der Waals surface area (Å²) in [5, 5.41) is 1.09. The summed E-state index contributed by atoms with van der Waals surface area (Å²) in [4.78, 5) is 11.2. The van der Waals surface area contributed by atoms with Gasteiger partial charge in [-0.25, -0.2) is 10.2 Å². The predicted molar refractivity (Wildman–Crippen MR) is 67.5 cm³/mol. The Balaban J connectivity index is 2.44. The number of carbonyl (C=O) groups is 1. The number of nitrogens with two attached hydrogens (primary N) is 1. The van der Waals surface area contributed by atoms with Crippen LogP contribution in [0, 0.1) is 5.82 Å². The molecule has 0 aliphatic heterocycles. The van der Waals surface area contributed by atoms with Crippen molar-refractivity contribution in [3.8, 4) is 5.75 Å². The molecule has 4 nitrogen and oxygen atoms in total. The topological polar surface area (TPSA) is 55.6 Å². The first-order chi connectivity index (χ1) is 8.54. The molecule has 0 saturated carbocycles. The van der Waals surface area contributed by atoms with E-state index in [0.29, 0.717) is 18.6 Å². The van der Waals surface area contributed by atoms with Crippen LogP contribution in [-0.2, 0) is 11.2 Å². The number of ether oxygens (including phenoxy) is 1. The number of unbranched alkanes of at least 4 members (excludes halogenated alkanes) is 1. The Morgan fingerprint density at radius 3 is 2.78 bits per heavy atom. The molecule has 0 aliphatic carbocycles. The van der Waals surface area contributed by atoms with E-state index >= 15 is 0 Å². The molecule has 0 aliphatic rings. The number of halogens is 1. The van der Waals surface area contributed by atoms with Crippen molar-refractivity contribution in [1.82, 2.24) is 5.01 Å². The van der Waals surface area contributed by atoms with Gasteiger partial charge in [0.1, 0.15) is 11.6 Å². The summed E-state index contributed by atoms with van der Waals surface area (Å²) in [6.45, 7) is 0. The number of hydrazine groups is 1. The quantitative estimate of drug-likeness (QED) is 0.365. The van der Waals surface area contributed by atoms with Gasteiger partial charge in [0, 0.05) is 13.5 Å². The highest BCUT2D eigenvalue weighted by Gasteiger charge is 2.07. The van der Waals surface area contributed by atoms with Gasteiger partial charge >= 0.3 is 0 Å². The van der Waals surface area contributed by atoms with Gasteiger partial charge in [0.05, 0.1) is 7.11 Å². The number of aryl methyl sites for hydroxylation is 1. The Kier molecular flexibility index (Phi) is 5.58. The van der Waals surface area contributed by atoms with Crippen molar-refractivity contribution in [3.63, 3.8) is 0 Å². The summed E-state index contributed by atoms with van der Waals surface area (Å²) in [7, 11) is 3.08. The minimum Gasteiger partial charge on any atom is -0.496 e. The highest BCUT2D eigenvalue weighted by molar-refractivity contribution is 5.75. The van der Waals surface area contributed by atoms with Crippen LogP contribution in [-0.4, -0.2) is 25.1 Å².